The first-order chi connectivity index (χ1) is 20.2. The number of allylic oxidation sites excluding steroid dienone is 4. The van der Waals surface area contributed by atoms with E-state index in [0.29, 0.717) is 22.7 Å². The molecule has 0 unspecified atom stereocenters. The maximum absolute atomic E-state index is 9.26. The summed E-state index contributed by atoms with van der Waals surface area (Å²) in [6.07, 6.45) is 6.46. The summed E-state index contributed by atoms with van der Waals surface area (Å²) in [4.78, 5) is 19.0. The minimum absolute atomic E-state index is 0.245. The Morgan fingerprint density at radius 2 is 1.20 bits per heavy atom. The average molecular weight is 534 g/mol. The zero-order valence-electron chi connectivity index (χ0n) is 22.5. The highest BCUT2D eigenvalue weighted by molar-refractivity contribution is 6.69. The summed E-state index contributed by atoms with van der Waals surface area (Å²) >= 11 is 0. The van der Waals surface area contributed by atoms with Gasteiger partial charge in [0.1, 0.15) is 5.71 Å². The Bertz CT molecular complexity index is 1810. The summed E-state index contributed by atoms with van der Waals surface area (Å²) in [6.45, 7) is 2.09. The number of para-hydroxylation sites is 1. The van der Waals surface area contributed by atoms with Gasteiger partial charge in [0.2, 0.25) is 0 Å². The number of aromatic nitrogens is 4. The fraction of sp³-hybridized carbons (Fsp3) is 0.0588. The van der Waals surface area contributed by atoms with Crippen molar-refractivity contribution in [1.82, 2.24) is 19.9 Å². The molecule has 5 aromatic rings. The number of hydrazone groups is 1. The molecule has 1 aliphatic rings. The van der Waals surface area contributed by atoms with Gasteiger partial charge in [0.05, 0.1) is 45.6 Å². The Kier molecular flexibility index (Phi) is 7.32. The van der Waals surface area contributed by atoms with Gasteiger partial charge in [-0.3, -0.25) is 20.8 Å². The molecule has 0 amide bonds. The van der Waals surface area contributed by atoms with Gasteiger partial charge in [-0.25, -0.2) is 9.97 Å². The highest BCUT2D eigenvalue weighted by Crippen LogP contribution is 2.29. The summed E-state index contributed by atoms with van der Waals surface area (Å²) in [7, 11) is 0. The van der Waals surface area contributed by atoms with Crippen molar-refractivity contribution in [3.63, 3.8) is 0 Å². The molecule has 7 heteroatoms. The molecule has 0 saturated carbocycles. The fourth-order valence-corrected chi connectivity index (χ4v) is 4.55. The first-order valence-electron chi connectivity index (χ1n) is 13.4. The molecule has 0 saturated heterocycles. The molecule has 198 valence electrons. The third-order valence-electron chi connectivity index (χ3n) is 6.66. The number of anilines is 1. The highest BCUT2D eigenvalue weighted by atomic mass is 15.3. The largest absolute Gasteiger partial charge is 0.298 e. The standard InChI is InChI=1S/C34H27N7/c1-2-23-13-8-17-31(37-23)32-19-10-16-28(39-32)26-21-20-25(33(35)34(26)41-40-24-11-4-3-5-12-24)27-15-9-18-30(38-27)29-14-6-7-22-36-29/h3-22,35,40H,2H2,1H3/b35-33?,41-34-. The monoisotopic (exact) mass is 533 g/mol. The topological polar surface area (TPSA) is 99.8 Å². The van der Waals surface area contributed by atoms with Crippen molar-refractivity contribution in [2.75, 3.05) is 5.43 Å². The van der Waals surface area contributed by atoms with Crippen LogP contribution in [0.2, 0.25) is 0 Å². The second kappa shape index (κ2) is 11.7. The van der Waals surface area contributed by atoms with E-state index in [1.54, 1.807) is 6.20 Å². The maximum Gasteiger partial charge on any atom is 0.118 e. The van der Waals surface area contributed by atoms with Crippen molar-refractivity contribution in [3.05, 3.63) is 139 Å². The van der Waals surface area contributed by atoms with Crippen molar-refractivity contribution < 1.29 is 0 Å². The molecule has 4 heterocycles. The molecule has 1 aliphatic carbocycles. The first kappa shape index (κ1) is 25.7. The molecule has 0 bridgehead atoms. The van der Waals surface area contributed by atoms with Gasteiger partial charge in [-0.15, -0.1) is 0 Å². The molecule has 7 nitrogen and oxygen atoms in total. The predicted molar refractivity (Wildman–Crippen MR) is 165 cm³/mol. The van der Waals surface area contributed by atoms with Crippen LogP contribution in [-0.4, -0.2) is 31.4 Å². The van der Waals surface area contributed by atoms with Crippen LogP contribution in [0.4, 0.5) is 5.69 Å². The molecule has 0 spiro atoms. The Labute approximate surface area is 238 Å². The number of rotatable bonds is 7. The minimum atomic E-state index is 0.245. The lowest BCUT2D eigenvalue weighted by Gasteiger charge is -2.19. The summed E-state index contributed by atoms with van der Waals surface area (Å²) < 4.78 is 0. The molecule has 0 fully saturated rings. The van der Waals surface area contributed by atoms with Crippen LogP contribution in [0.3, 0.4) is 0 Å². The lowest BCUT2D eigenvalue weighted by atomic mass is 9.90. The zero-order valence-corrected chi connectivity index (χ0v) is 22.5. The van der Waals surface area contributed by atoms with E-state index in [2.05, 4.69) is 17.3 Å². The van der Waals surface area contributed by atoms with Crippen LogP contribution in [0.1, 0.15) is 24.0 Å². The van der Waals surface area contributed by atoms with E-state index in [1.807, 2.05) is 115 Å². The quantitative estimate of drug-likeness (QED) is 0.171. The van der Waals surface area contributed by atoms with Crippen molar-refractivity contribution in [2.45, 2.75) is 13.3 Å². The number of hydrogen-bond donors (Lipinski definition) is 2. The summed E-state index contributed by atoms with van der Waals surface area (Å²) in [5.74, 6) is 0. The van der Waals surface area contributed by atoms with Crippen molar-refractivity contribution in [2.24, 2.45) is 5.10 Å². The summed E-state index contributed by atoms with van der Waals surface area (Å²) in [6, 6.07) is 33.0. The Balaban J connectivity index is 1.43. The van der Waals surface area contributed by atoms with Gasteiger partial charge in [0, 0.05) is 23.0 Å². The number of pyridine rings is 4. The first-order valence-corrected chi connectivity index (χ1v) is 13.4. The Morgan fingerprint density at radius 1 is 0.610 bits per heavy atom. The average Bonchev–Trinajstić information content (AvgIpc) is 3.05. The van der Waals surface area contributed by atoms with Gasteiger partial charge in [0.15, 0.2) is 0 Å². The van der Waals surface area contributed by atoms with Crippen LogP contribution in [0.5, 0.6) is 0 Å². The number of aryl methyl sites for hydroxylation is 1. The van der Waals surface area contributed by atoms with E-state index in [9.17, 15) is 5.41 Å². The normalized spacial score (nSPS) is 14.0. The fourth-order valence-electron chi connectivity index (χ4n) is 4.55. The van der Waals surface area contributed by atoms with Gasteiger partial charge in [-0.1, -0.05) is 49.4 Å². The second-order valence-electron chi connectivity index (χ2n) is 9.37. The van der Waals surface area contributed by atoms with Crippen LogP contribution >= 0.6 is 0 Å². The molecule has 41 heavy (non-hydrogen) atoms. The van der Waals surface area contributed by atoms with E-state index >= 15 is 0 Å². The van der Waals surface area contributed by atoms with Gasteiger partial charge < -0.3 is 0 Å². The van der Waals surface area contributed by atoms with Crippen molar-refractivity contribution in [3.8, 4) is 22.8 Å². The van der Waals surface area contributed by atoms with Crippen LogP contribution in [0, 0.1) is 5.41 Å². The molecule has 1 aromatic carbocycles. The smallest absolute Gasteiger partial charge is 0.118 e. The van der Waals surface area contributed by atoms with Crippen LogP contribution in [0.25, 0.3) is 33.9 Å². The van der Waals surface area contributed by atoms with Crippen LogP contribution in [-0.2, 0) is 6.42 Å². The number of hydrogen-bond acceptors (Lipinski definition) is 7. The highest BCUT2D eigenvalue weighted by Gasteiger charge is 2.25. The molecule has 0 atom stereocenters. The summed E-state index contributed by atoms with van der Waals surface area (Å²) in [5, 5.41) is 14.0. The lowest BCUT2D eigenvalue weighted by molar-refractivity contribution is 1.03. The number of nitrogens with one attached hydrogen (secondary N) is 2. The van der Waals surface area contributed by atoms with Gasteiger partial charge in [0.25, 0.3) is 0 Å². The molecular formula is C34H27N7. The summed E-state index contributed by atoms with van der Waals surface area (Å²) in [5.41, 5.74) is 11.5. The Morgan fingerprint density at radius 3 is 1.90 bits per heavy atom. The maximum atomic E-state index is 9.26. The molecule has 4 aromatic heterocycles. The van der Waals surface area contributed by atoms with Crippen LogP contribution < -0.4 is 5.43 Å². The van der Waals surface area contributed by atoms with Gasteiger partial charge >= 0.3 is 0 Å². The van der Waals surface area contributed by atoms with Crippen molar-refractivity contribution in [1.29, 1.82) is 5.41 Å². The van der Waals surface area contributed by atoms with Gasteiger partial charge in [-0.05, 0) is 79.2 Å². The SMILES string of the molecule is CCc1cccc(-c2cccc(C3=CC=C(c4cccc(-c5ccccn5)n4)C(=N)/C3=N\Nc3ccccc3)n2)n1. The van der Waals surface area contributed by atoms with E-state index in [1.165, 1.54) is 0 Å². The molecule has 6 rings (SSSR count). The third kappa shape index (κ3) is 5.60. The van der Waals surface area contributed by atoms with E-state index in [0.717, 1.165) is 46.2 Å². The molecule has 2 N–H and O–H groups in total. The van der Waals surface area contributed by atoms with Crippen LogP contribution in [0.15, 0.2) is 127 Å². The number of benzene rings is 1. The predicted octanol–water partition coefficient (Wildman–Crippen LogP) is 7.13. The molecule has 0 radical (unpaired) electrons. The van der Waals surface area contributed by atoms with Gasteiger partial charge in [-0.2, -0.15) is 5.10 Å². The second-order valence-corrected chi connectivity index (χ2v) is 9.37. The number of nitrogens with zero attached hydrogens (tertiary/aromatic N) is 5. The molecule has 0 aliphatic heterocycles. The Hall–Kier alpha value is -5.56. The van der Waals surface area contributed by atoms with E-state index < -0.39 is 0 Å². The van der Waals surface area contributed by atoms with E-state index in [-0.39, 0.29) is 5.71 Å². The van der Waals surface area contributed by atoms with Crippen molar-refractivity contribution >= 4 is 28.3 Å². The van der Waals surface area contributed by atoms with E-state index in [4.69, 9.17) is 20.1 Å². The zero-order chi connectivity index (χ0) is 28.0. The molecular weight excluding hydrogens is 506 g/mol. The minimum Gasteiger partial charge on any atom is -0.298 e. The lowest BCUT2D eigenvalue weighted by Crippen LogP contribution is -2.22. The third-order valence-corrected chi connectivity index (χ3v) is 6.66.